The topological polar surface area (TPSA) is 56.5 Å². The Balaban J connectivity index is 1.67. The standard InChI is InChI=1S/C20H14IN3O2S/c1-2-11-26-16-9-5-14(6-10-16)18-22-20-24(23-18)19(25)17(27-20)12-13-3-7-15(21)8-4-13/h2-10,12H,1,11H2. The van der Waals surface area contributed by atoms with E-state index in [1.54, 1.807) is 6.08 Å². The number of hydrogen-bond donors (Lipinski definition) is 0. The first-order valence-electron chi connectivity index (χ1n) is 8.15. The molecule has 0 amide bonds. The molecule has 0 aliphatic carbocycles. The van der Waals surface area contributed by atoms with Crippen LogP contribution in [0.15, 0.2) is 66.0 Å². The fourth-order valence-corrected chi connectivity index (χ4v) is 3.79. The van der Waals surface area contributed by atoms with E-state index in [4.69, 9.17) is 4.74 Å². The monoisotopic (exact) mass is 487 g/mol. The molecule has 0 atom stereocenters. The Morgan fingerprint density at radius 3 is 2.56 bits per heavy atom. The van der Waals surface area contributed by atoms with Crippen LogP contribution >= 0.6 is 33.9 Å². The Hall–Kier alpha value is -2.52. The summed E-state index contributed by atoms with van der Waals surface area (Å²) in [5.74, 6) is 1.27. The SMILES string of the molecule is C=CCOc1ccc(-c2nc3sc(=Cc4ccc(I)cc4)c(=O)n3n2)cc1. The number of aromatic nitrogens is 3. The number of hydrogen-bond acceptors (Lipinski definition) is 5. The average Bonchev–Trinajstić information content (AvgIpc) is 3.22. The molecule has 0 unspecified atom stereocenters. The van der Waals surface area contributed by atoms with Gasteiger partial charge in [0.2, 0.25) is 4.96 Å². The lowest BCUT2D eigenvalue weighted by molar-refractivity contribution is 0.363. The van der Waals surface area contributed by atoms with Gasteiger partial charge < -0.3 is 4.74 Å². The van der Waals surface area contributed by atoms with Crippen molar-refractivity contribution in [2.75, 3.05) is 6.61 Å². The molecule has 0 bridgehead atoms. The van der Waals surface area contributed by atoms with Crippen LogP contribution in [0.3, 0.4) is 0 Å². The Morgan fingerprint density at radius 1 is 1.15 bits per heavy atom. The van der Waals surface area contributed by atoms with E-state index in [-0.39, 0.29) is 5.56 Å². The number of thiazole rings is 1. The van der Waals surface area contributed by atoms with E-state index in [2.05, 4.69) is 39.3 Å². The quantitative estimate of drug-likeness (QED) is 0.319. The maximum absolute atomic E-state index is 12.6. The Morgan fingerprint density at radius 2 is 1.89 bits per heavy atom. The highest BCUT2D eigenvalue weighted by Gasteiger charge is 2.12. The fourth-order valence-electron chi connectivity index (χ4n) is 2.52. The molecule has 134 valence electrons. The second kappa shape index (κ2) is 7.61. The highest BCUT2D eigenvalue weighted by molar-refractivity contribution is 14.1. The molecule has 0 saturated carbocycles. The fraction of sp³-hybridized carbons (Fsp3) is 0.0500. The highest BCUT2D eigenvalue weighted by Crippen LogP contribution is 2.20. The molecule has 0 aliphatic rings. The minimum atomic E-state index is -0.154. The van der Waals surface area contributed by atoms with Gasteiger partial charge in [0.05, 0.1) is 4.53 Å². The van der Waals surface area contributed by atoms with Crippen molar-refractivity contribution in [2.45, 2.75) is 0 Å². The number of ether oxygens (including phenoxy) is 1. The van der Waals surface area contributed by atoms with Gasteiger partial charge in [-0.05, 0) is 70.6 Å². The largest absolute Gasteiger partial charge is 0.490 e. The summed E-state index contributed by atoms with van der Waals surface area (Å²) in [5.41, 5.74) is 1.66. The van der Waals surface area contributed by atoms with Gasteiger partial charge >= 0.3 is 0 Å². The number of nitrogens with zero attached hydrogens (tertiary/aromatic N) is 3. The van der Waals surface area contributed by atoms with Crippen LogP contribution in [-0.4, -0.2) is 21.2 Å². The van der Waals surface area contributed by atoms with E-state index in [1.807, 2.05) is 54.6 Å². The van der Waals surface area contributed by atoms with Gasteiger partial charge in [0, 0.05) is 9.13 Å². The zero-order chi connectivity index (χ0) is 18.8. The second-order valence-corrected chi connectivity index (χ2v) is 7.98. The number of fused-ring (bicyclic) bond motifs is 1. The summed E-state index contributed by atoms with van der Waals surface area (Å²) < 4.78 is 8.60. The summed E-state index contributed by atoms with van der Waals surface area (Å²) in [6.07, 6.45) is 3.56. The van der Waals surface area contributed by atoms with Crippen LogP contribution in [0.25, 0.3) is 22.4 Å². The first-order chi connectivity index (χ1) is 13.1. The minimum Gasteiger partial charge on any atom is -0.490 e. The number of halogens is 1. The zero-order valence-electron chi connectivity index (χ0n) is 14.1. The third-order valence-electron chi connectivity index (χ3n) is 3.83. The van der Waals surface area contributed by atoms with Gasteiger partial charge in [0.1, 0.15) is 12.4 Å². The lowest BCUT2D eigenvalue weighted by Crippen LogP contribution is -2.23. The zero-order valence-corrected chi connectivity index (χ0v) is 17.1. The van der Waals surface area contributed by atoms with E-state index >= 15 is 0 Å². The lowest BCUT2D eigenvalue weighted by atomic mass is 10.2. The molecule has 0 radical (unpaired) electrons. The smallest absolute Gasteiger partial charge is 0.291 e. The first kappa shape index (κ1) is 17.9. The second-order valence-electron chi connectivity index (χ2n) is 5.72. The van der Waals surface area contributed by atoms with Gasteiger partial charge in [-0.1, -0.05) is 36.1 Å². The molecule has 27 heavy (non-hydrogen) atoms. The van der Waals surface area contributed by atoms with Crippen LogP contribution in [0.2, 0.25) is 0 Å². The highest BCUT2D eigenvalue weighted by atomic mass is 127. The van der Waals surface area contributed by atoms with Gasteiger partial charge in [-0.2, -0.15) is 9.50 Å². The molecule has 7 heteroatoms. The maximum atomic E-state index is 12.6. The van der Waals surface area contributed by atoms with E-state index < -0.39 is 0 Å². The summed E-state index contributed by atoms with van der Waals surface area (Å²) in [5, 5.41) is 4.38. The van der Waals surface area contributed by atoms with Crippen molar-refractivity contribution in [3.8, 4) is 17.1 Å². The van der Waals surface area contributed by atoms with Crippen molar-refractivity contribution < 1.29 is 4.74 Å². The molecule has 0 aliphatic heterocycles. The molecule has 2 aromatic carbocycles. The van der Waals surface area contributed by atoms with Crippen LogP contribution in [-0.2, 0) is 0 Å². The summed E-state index contributed by atoms with van der Waals surface area (Å²) in [7, 11) is 0. The van der Waals surface area contributed by atoms with E-state index in [0.717, 1.165) is 20.4 Å². The van der Waals surface area contributed by atoms with Gasteiger partial charge in [0.25, 0.3) is 5.56 Å². The third kappa shape index (κ3) is 3.79. The molecule has 2 heterocycles. The van der Waals surface area contributed by atoms with Crippen molar-refractivity contribution in [2.24, 2.45) is 0 Å². The Labute approximate surface area is 172 Å². The predicted octanol–water partition coefficient (Wildman–Crippen LogP) is 3.54. The van der Waals surface area contributed by atoms with E-state index in [1.165, 1.54) is 15.9 Å². The summed E-state index contributed by atoms with van der Waals surface area (Å²) in [4.78, 5) is 17.7. The van der Waals surface area contributed by atoms with E-state index in [0.29, 0.717) is 21.9 Å². The van der Waals surface area contributed by atoms with Gasteiger partial charge in [0.15, 0.2) is 5.82 Å². The number of benzene rings is 2. The maximum Gasteiger partial charge on any atom is 0.291 e. The average molecular weight is 487 g/mol. The Kier molecular flexibility index (Phi) is 5.04. The summed E-state index contributed by atoms with van der Waals surface area (Å²) in [6, 6.07) is 15.4. The molecule has 0 N–H and O–H groups in total. The van der Waals surface area contributed by atoms with Crippen molar-refractivity contribution in [3.05, 3.63) is 85.2 Å². The van der Waals surface area contributed by atoms with Gasteiger partial charge in [-0.15, -0.1) is 5.10 Å². The van der Waals surface area contributed by atoms with Crippen LogP contribution in [0, 0.1) is 3.57 Å². The van der Waals surface area contributed by atoms with Gasteiger partial charge in [-0.3, -0.25) is 4.79 Å². The molecule has 4 rings (SSSR count). The van der Waals surface area contributed by atoms with Crippen LogP contribution in [0.5, 0.6) is 5.75 Å². The third-order valence-corrected chi connectivity index (χ3v) is 5.51. The molecule has 0 saturated heterocycles. The van der Waals surface area contributed by atoms with Crippen molar-refractivity contribution in [1.82, 2.24) is 14.6 Å². The van der Waals surface area contributed by atoms with E-state index in [9.17, 15) is 4.79 Å². The van der Waals surface area contributed by atoms with Crippen LogP contribution < -0.4 is 14.8 Å². The Bertz CT molecular complexity index is 1210. The first-order valence-corrected chi connectivity index (χ1v) is 10.0. The lowest BCUT2D eigenvalue weighted by Gasteiger charge is -2.02. The molecular formula is C20H14IN3O2S. The molecular weight excluding hydrogens is 473 g/mol. The molecule has 0 fully saturated rings. The predicted molar refractivity (Wildman–Crippen MR) is 116 cm³/mol. The molecule has 4 aromatic rings. The molecule has 2 aromatic heterocycles. The number of rotatable bonds is 5. The normalized spacial score (nSPS) is 11.8. The van der Waals surface area contributed by atoms with Crippen molar-refractivity contribution in [1.29, 1.82) is 0 Å². The minimum absolute atomic E-state index is 0.154. The van der Waals surface area contributed by atoms with Crippen molar-refractivity contribution >= 4 is 45.0 Å². The molecule has 0 spiro atoms. The summed E-state index contributed by atoms with van der Waals surface area (Å²) >= 11 is 3.59. The van der Waals surface area contributed by atoms with Crippen LogP contribution in [0.4, 0.5) is 0 Å². The van der Waals surface area contributed by atoms with Gasteiger partial charge in [-0.25, -0.2) is 0 Å². The van der Waals surface area contributed by atoms with Crippen LogP contribution in [0.1, 0.15) is 5.56 Å². The van der Waals surface area contributed by atoms with Crippen molar-refractivity contribution in [3.63, 3.8) is 0 Å². The summed E-state index contributed by atoms with van der Waals surface area (Å²) in [6.45, 7) is 4.08. The molecule has 5 nitrogen and oxygen atoms in total.